The quantitative estimate of drug-likeness (QED) is 0.490. The van der Waals surface area contributed by atoms with Crippen molar-refractivity contribution in [2.45, 2.75) is 31.8 Å². The zero-order chi connectivity index (χ0) is 24.4. The number of rotatable bonds is 6. The number of aromatic nitrogens is 1. The molecule has 2 heterocycles. The minimum atomic E-state index is -0.586. The van der Waals surface area contributed by atoms with E-state index in [0.29, 0.717) is 58.7 Å². The van der Waals surface area contributed by atoms with Crippen molar-refractivity contribution in [1.29, 1.82) is 0 Å². The van der Waals surface area contributed by atoms with Gasteiger partial charge in [-0.15, -0.1) is 0 Å². The Morgan fingerprint density at radius 2 is 2.06 bits per heavy atom. The van der Waals surface area contributed by atoms with Gasteiger partial charge in [0.2, 0.25) is 0 Å². The maximum absolute atomic E-state index is 14.4. The van der Waals surface area contributed by atoms with Crippen LogP contribution in [-0.4, -0.2) is 42.7 Å². The lowest BCUT2D eigenvalue weighted by atomic mass is 10.0. The van der Waals surface area contributed by atoms with E-state index >= 15 is 0 Å². The van der Waals surface area contributed by atoms with E-state index in [9.17, 15) is 14.0 Å². The van der Waals surface area contributed by atoms with Gasteiger partial charge in [-0.2, -0.15) is 0 Å². The molecule has 1 aliphatic heterocycles. The Morgan fingerprint density at radius 1 is 1.20 bits per heavy atom. The van der Waals surface area contributed by atoms with Crippen LogP contribution in [-0.2, 0) is 20.7 Å². The van der Waals surface area contributed by atoms with Crippen LogP contribution in [0.5, 0.6) is 0 Å². The number of carbonyl (C=O) groups excluding carboxylic acids is 2. The fraction of sp³-hybridized carbons (Fsp3) is 0.296. The van der Waals surface area contributed by atoms with Crippen molar-refractivity contribution in [3.05, 3.63) is 75.7 Å². The predicted octanol–water partition coefficient (Wildman–Crippen LogP) is 4.97. The van der Waals surface area contributed by atoms with Gasteiger partial charge in [0.25, 0.3) is 5.91 Å². The summed E-state index contributed by atoms with van der Waals surface area (Å²) in [4.78, 5) is 30.2. The van der Waals surface area contributed by atoms with Crippen LogP contribution in [0.3, 0.4) is 0 Å². The van der Waals surface area contributed by atoms with Crippen molar-refractivity contribution in [2.75, 3.05) is 19.8 Å². The highest BCUT2D eigenvalue weighted by atomic mass is 35.5. The highest BCUT2D eigenvalue weighted by molar-refractivity contribution is 6.32. The second kappa shape index (κ2) is 10.1. The lowest BCUT2D eigenvalue weighted by Crippen LogP contribution is -2.34. The summed E-state index contributed by atoms with van der Waals surface area (Å²) in [6.45, 7) is 0.719. The second-order valence-electron chi connectivity index (χ2n) is 8.65. The molecule has 1 N–H and O–H groups in total. The summed E-state index contributed by atoms with van der Waals surface area (Å²) in [5, 5.41) is 3.71. The van der Waals surface area contributed by atoms with E-state index in [0.717, 1.165) is 24.0 Å². The summed E-state index contributed by atoms with van der Waals surface area (Å²) in [5.74, 6) is -1.39. The smallest absolute Gasteiger partial charge is 0.339 e. The molecule has 8 heteroatoms. The van der Waals surface area contributed by atoms with Crippen LogP contribution < -0.4 is 5.32 Å². The Balaban J connectivity index is 1.42. The number of pyridine rings is 1. The van der Waals surface area contributed by atoms with Crippen LogP contribution in [0.15, 0.2) is 42.5 Å². The molecule has 5 rings (SSSR count). The van der Waals surface area contributed by atoms with E-state index in [4.69, 9.17) is 26.1 Å². The van der Waals surface area contributed by atoms with Crippen molar-refractivity contribution in [3.63, 3.8) is 0 Å². The average molecular weight is 495 g/mol. The van der Waals surface area contributed by atoms with Gasteiger partial charge in [-0.25, -0.2) is 14.2 Å². The van der Waals surface area contributed by atoms with Gasteiger partial charge in [0.15, 0.2) is 6.61 Å². The molecule has 1 aromatic heterocycles. The lowest BCUT2D eigenvalue weighted by molar-refractivity contribution is -0.124. The van der Waals surface area contributed by atoms with Gasteiger partial charge in [-0.1, -0.05) is 35.9 Å². The highest BCUT2D eigenvalue weighted by Gasteiger charge is 2.28. The molecule has 1 aliphatic carbocycles. The van der Waals surface area contributed by atoms with E-state index < -0.39 is 11.8 Å². The number of hydrogen-bond donors (Lipinski definition) is 1. The number of halogens is 2. The molecule has 1 saturated heterocycles. The zero-order valence-corrected chi connectivity index (χ0v) is 19.7. The molecule has 180 valence electrons. The standard InChI is InChI=1S/C27H24ClFN2O4/c28-21-7-3-8-22(29)20(21)13-16-10-11-19-25(18-6-1-2-9-23(18)31-26(16)19)27(33)35-15-24(32)30-14-17-5-4-12-34-17/h1-3,6-9,13,17H,4-5,10-12,14-15H2,(H,30,32)/b16-13+/t17-/m0/s1. The molecule has 0 bridgehead atoms. The van der Waals surface area contributed by atoms with Crippen molar-refractivity contribution in [1.82, 2.24) is 10.3 Å². The summed E-state index contributed by atoms with van der Waals surface area (Å²) in [6.07, 6.45) is 4.71. The normalized spacial score (nSPS) is 18.1. The maximum atomic E-state index is 14.4. The first kappa shape index (κ1) is 23.5. The zero-order valence-electron chi connectivity index (χ0n) is 19.0. The average Bonchev–Trinajstić information content (AvgIpc) is 3.52. The van der Waals surface area contributed by atoms with Gasteiger partial charge >= 0.3 is 5.97 Å². The summed E-state index contributed by atoms with van der Waals surface area (Å²) >= 11 is 6.23. The SMILES string of the molecule is O=C(COC(=O)c1c2c(nc3ccccc13)/C(=C/c1c(F)cccc1Cl)CC2)NC[C@@H]1CCCO1. The first-order valence-corrected chi connectivity index (χ1v) is 12.0. The molecule has 2 aromatic carbocycles. The number of para-hydroxylation sites is 1. The molecule has 35 heavy (non-hydrogen) atoms. The number of fused-ring (bicyclic) bond motifs is 2. The van der Waals surface area contributed by atoms with E-state index in [2.05, 4.69) is 5.32 Å². The van der Waals surface area contributed by atoms with Gasteiger partial charge in [0.1, 0.15) is 5.82 Å². The molecule has 1 atom stereocenters. The van der Waals surface area contributed by atoms with Crippen molar-refractivity contribution >= 4 is 46.0 Å². The van der Waals surface area contributed by atoms with Crippen LogP contribution in [0.2, 0.25) is 5.02 Å². The molecule has 0 saturated carbocycles. The number of ether oxygens (including phenoxy) is 2. The summed E-state index contributed by atoms with van der Waals surface area (Å²) in [7, 11) is 0. The minimum absolute atomic E-state index is 0.00947. The highest BCUT2D eigenvalue weighted by Crippen LogP contribution is 2.38. The molecule has 0 unspecified atom stereocenters. The topological polar surface area (TPSA) is 77.5 Å². The fourth-order valence-electron chi connectivity index (χ4n) is 4.62. The molecular weight excluding hydrogens is 471 g/mol. The van der Waals surface area contributed by atoms with Gasteiger partial charge in [-0.05, 0) is 61.1 Å². The third kappa shape index (κ3) is 4.92. The third-order valence-electron chi connectivity index (χ3n) is 6.35. The Morgan fingerprint density at radius 3 is 2.86 bits per heavy atom. The van der Waals surface area contributed by atoms with Gasteiger partial charge in [0, 0.05) is 24.1 Å². The number of allylic oxidation sites excluding steroid dienone is 1. The first-order chi connectivity index (χ1) is 17.0. The lowest BCUT2D eigenvalue weighted by Gasteiger charge is -2.13. The van der Waals surface area contributed by atoms with Crippen molar-refractivity contribution in [3.8, 4) is 0 Å². The fourth-order valence-corrected chi connectivity index (χ4v) is 4.84. The molecule has 1 amide bonds. The molecule has 0 spiro atoms. The number of hydrogen-bond acceptors (Lipinski definition) is 5. The number of benzene rings is 2. The van der Waals surface area contributed by atoms with Crippen LogP contribution in [0.25, 0.3) is 22.6 Å². The van der Waals surface area contributed by atoms with Crippen LogP contribution in [0, 0.1) is 5.82 Å². The van der Waals surface area contributed by atoms with Gasteiger partial charge < -0.3 is 14.8 Å². The second-order valence-corrected chi connectivity index (χ2v) is 9.06. The molecule has 1 fully saturated rings. The van der Waals surface area contributed by atoms with E-state index in [-0.39, 0.29) is 18.6 Å². The number of carbonyl (C=O) groups is 2. The largest absolute Gasteiger partial charge is 0.452 e. The van der Waals surface area contributed by atoms with E-state index in [1.807, 2.05) is 24.3 Å². The molecule has 6 nitrogen and oxygen atoms in total. The first-order valence-electron chi connectivity index (χ1n) is 11.6. The minimum Gasteiger partial charge on any atom is -0.452 e. The summed E-state index contributed by atoms with van der Waals surface area (Å²) in [6, 6.07) is 11.8. The number of amides is 1. The summed E-state index contributed by atoms with van der Waals surface area (Å²) in [5.41, 5.74) is 3.44. The number of esters is 1. The Bertz CT molecular complexity index is 1310. The number of nitrogens with zero attached hydrogens (tertiary/aromatic N) is 1. The van der Waals surface area contributed by atoms with Crippen LogP contribution in [0.4, 0.5) is 4.39 Å². The van der Waals surface area contributed by atoms with Gasteiger partial charge in [-0.3, -0.25) is 4.79 Å². The van der Waals surface area contributed by atoms with Gasteiger partial charge in [0.05, 0.1) is 27.9 Å². The number of nitrogens with one attached hydrogen (secondary N) is 1. The van der Waals surface area contributed by atoms with E-state index in [1.165, 1.54) is 6.07 Å². The molecular formula is C27H24ClFN2O4. The van der Waals surface area contributed by atoms with Crippen LogP contribution >= 0.6 is 11.6 Å². The molecule has 3 aromatic rings. The Hall–Kier alpha value is -3.29. The Kier molecular flexibility index (Phi) is 6.79. The maximum Gasteiger partial charge on any atom is 0.339 e. The molecule has 0 radical (unpaired) electrons. The van der Waals surface area contributed by atoms with E-state index in [1.54, 1.807) is 18.2 Å². The van der Waals surface area contributed by atoms with Crippen LogP contribution in [0.1, 0.15) is 46.4 Å². The Labute approximate surface area is 207 Å². The van der Waals surface area contributed by atoms with Crippen molar-refractivity contribution < 1.29 is 23.5 Å². The predicted molar refractivity (Wildman–Crippen MR) is 132 cm³/mol. The third-order valence-corrected chi connectivity index (χ3v) is 6.68. The monoisotopic (exact) mass is 494 g/mol. The molecule has 2 aliphatic rings. The summed E-state index contributed by atoms with van der Waals surface area (Å²) < 4.78 is 25.3. The van der Waals surface area contributed by atoms with Crippen molar-refractivity contribution in [2.24, 2.45) is 0 Å².